The van der Waals surface area contributed by atoms with Crippen LogP contribution in [0.2, 0.25) is 0 Å². The van der Waals surface area contributed by atoms with E-state index in [2.05, 4.69) is 29.5 Å². The van der Waals surface area contributed by atoms with E-state index >= 15 is 0 Å². The Morgan fingerprint density at radius 2 is 2.15 bits per heavy atom. The highest BCUT2D eigenvalue weighted by atomic mass is 127. The second kappa shape index (κ2) is 9.04. The van der Waals surface area contributed by atoms with Crippen LogP contribution in [-0.2, 0) is 10.0 Å². The van der Waals surface area contributed by atoms with Crippen LogP contribution in [0.15, 0.2) is 4.99 Å². The summed E-state index contributed by atoms with van der Waals surface area (Å²) in [7, 11) is -1.38. The fourth-order valence-corrected chi connectivity index (χ4v) is 3.38. The normalized spacial score (nSPS) is 22.2. The number of sulfonamides is 1. The summed E-state index contributed by atoms with van der Waals surface area (Å²) in [5.74, 6) is 0.731. The van der Waals surface area contributed by atoms with E-state index < -0.39 is 10.0 Å². The van der Waals surface area contributed by atoms with Crippen LogP contribution in [0.3, 0.4) is 0 Å². The minimum absolute atomic E-state index is 0. The molecule has 0 aromatic rings. The lowest BCUT2D eigenvalue weighted by molar-refractivity contribution is 0.386. The minimum atomic E-state index is -3.10. The van der Waals surface area contributed by atoms with Crippen LogP contribution < -0.4 is 10.6 Å². The maximum atomic E-state index is 11.6. The summed E-state index contributed by atoms with van der Waals surface area (Å²) in [5, 5.41) is 6.48. The number of aliphatic imine (C=N–C) groups is 1. The van der Waals surface area contributed by atoms with Gasteiger partial charge in [0.05, 0.1) is 6.26 Å². The molecule has 0 aromatic heterocycles. The van der Waals surface area contributed by atoms with E-state index in [0.29, 0.717) is 19.1 Å². The van der Waals surface area contributed by atoms with Gasteiger partial charge < -0.3 is 10.6 Å². The second-order valence-corrected chi connectivity index (χ2v) is 7.01. The van der Waals surface area contributed by atoms with Crippen molar-refractivity contribution in [2.75, 3.05) is 26.4 Å². The molecule has 0 aliphatic carbocycles. The Hall–Kier alpha value is -0.0900. The summed E-state index contributed by atoms with van der Waals surface area (Å²) in [4.78, 5) is 4.15. The average Bonchev–Trinajstić information content (AvgIpc) is 2.82. The first-order valence-electron chi connectivity index (χ1n) is 6.82. The Balaban J connectivity index is 0.00000361. The van der Waals surface area contributed by atoms with Crippen molar-refractivity contribution >= 4 is 40.0 Å². The monoisotopic (exact) mass is 418 g/mol. The number of nitrogens with zero attached hydrogens (tertiary/aromatic N) is 2. The van der Waals surface area contributed by atoms with E-state index in [1.165, 1.54) is 6.26 Å². The van der Waals surface area contributed by atoms with Crippen LogP contribution in [0.4, 0.5) is 0 Å². The molecule has 1 aliphatic heterocycles. The second-order valence-electron chi connectivity index (χ2n) is 5.08. The van der Waals surface area contributed by atoms with E-state index in [-0.39, 0.29) is 30.0 Å². The van der Waals surface area contributed by atoms with Crippen LogP contribution in [0.25, 0.3) is 0 Å². The fraction of sp³-hybridized carbons (Fsp3) is 0.917. The number of nitrogens with one attached hydrogen (secondary N) is 2. The lowest BCUT2D eigenvalue weighted by Crippen LogP contribution is -2.48. The molecule has 0 saturated carbocycles. The van der Waals surface area contributed by atoms with Gasteiger partial charge in [-0.2, -0.15) is 4.31 Å². The molecule has 120 valence electrons. The summed E-state index contributed by atoms with van der Waals surface area (Å²) in [6.45, 7) is 5.42. The van der Waals surface area contributed by atoms with Crippen LogP contribution >= 0.6 is 24.0 Å². The van der Waals surface area contributed by atoms with Crippen LogP contribution in [0.5, 0.6) is 0 Å². The molecule has 1 aliphatic rings. The van der Waals surface area contributed by atoms with Gasteiger partial charge in [-0.3, -0.25) is 4.99 Å². The molecule has 2 atom stereocenters. The molecule has 0 radical (unpaired) electrons. The van der Waals surface area contributed by atoms with Gasteiger partial charge in [0.2, 0.25) is 10.0 Å². The van der Waals surface area contributed by atoms with E-state index in [1.807, 2.05) is 0 Å². The van der Waals surface area contributed by atoms with Gasteiger partial charge in [-0.05, 0) is 26.2 Å². The van der Waals surface area contributed by atoms with Crippen LogP contribution in [-0.4, -0.2) is 57.2 Å². The summed E-state index contributed by atoms with van der Waals surface area (Å²) in [6.07, 6.45) is 4.12. The Labute approximate surface area is 139 Å². The zero-order valence-corrected chi connectivity index (χ0v) is 15.9. The minimum Gasteiger partial charge on any atom is -0.355 e. The highest BCUT2D eigenvalue weighted by Crippen LogP contribution is 2.19. The van der Waals surface area contributed by atoms with E-state index in [9.17, 15) is 8.42 Å². The van der Waals surface area contributed by atoms with E-state index in [0.717, 1.165) is 25.2 Å². The topological polar surface area (TPSA) is 73.8 Å². The van der Waals surface area contributed by atoms with E-state index in [4.69, 9.17) is 0 Å². The van der Waals surface area contributed by atoms with Crippen molar-refractivity contribution in [2.24, 2.45) is 4.99 Å². The first kappa shape index (κ1) is 19.9. The van der Waals surface area contributed by atoms with Crippen LogP contribution in [0.1, 0.15) is 33.1 Å². The summed E-state index contributed by atoms with van der Waals surface area (Å²) in [6, 6.07) is 0.381. The highest BCUT2D eigenvalue weighted by Gasteiger charge is 2.31. The lowest BCUT2D eigenvalue weighted by Gasteiger charge is -2.24. The smallest absolute Gasteiger partial charge is 0.211 e. The number of halogens is 1. The molecule has 1 fully saturated rings. The molecule has 20 heavy (non-hydrogen) atoms. The van der Waals surface area contributed by atoms with Gasteiger partial charge in [-0.25, -0.2) is 8.42 Å². The molecule has 2 N–H and O–H groups in total. The SMILES string of the molecule is CCC(C)NC(=NC)NC[C@H]1CCCN1S(C)(=O)=O.I. The molecule has 1 unspecified atom stereocenters. The quantitative estimate of drug-likeness (QED) is 0.397. The molecule has 0 amide bonds. The van der Waals surface area contributed by atoms with Gasteiger partial charge in [0.15, 0.2) is 5.96 Å². The largest absolute Gasteiger partial charge is 0.355 e. The van der Waals surface area contributed by atoms with Gasteiger partial charge in [-0.1, -0.05) is 6.92 Å². The summed E-state index contributed by atoms with van der Waals surface area (Å²) >= 11 is 0. The lowest BCUT2D eigenvalue weighted by atomic mass is 10.2. The van der Waals surface area contributed by atoms with E-state index in [1.54, 1.807) is 11.4 Å². The highest BCUT2D eigenvalue weighted by molar-refractivity contribution is 14.0. The molecule has 0 aromatic carbocycles. The summed E-state index contributed by atoms with van der Waals surface area (Å²) < 4.78 is 24.8. The Kier molecular flexibility index (Phi) is 8.99. The van der Waals surface area contributed by atoms with Crippen LogP contribution in [0, 0.1) is 0 Å². The van der Waals surface area contributed by atoms with Gasteiger partial charge >= 0.3 is 0 Å². The third-order valence-electron chi connectivity index (χ3n) is 3.47. The zero-order chi connectivity index (χ0) is 14.5. The Bertz CT molecular complexity index is 414. The molecule has 1 rings (SSSR count). The van der Waals surface area contributed by atoms with Crippen molar-refractivity contribution in [1.29, 1.82) is 0 Å². The van der Waals surface area contributed by atoms with Gasteiger partial charge in [0, 0.05) is 32.2 Å². The molecular formula is C12H27IN4O2S. The van der Waals surface area contributed by atoms with Crippen molar-refractivity contribution < 1.29 is 8.42 Å². The standard InChI is InChI=1S/C12H26N4O2S.HI/c1-5-10(2)15-12(13-3)14-9-11-7-6-8-16(11)19(4,17)18;/h10-11H,5-9H2,1-4H3,(H2,13,14,15);1H/t10?,11-;/m1./s1. The molecule has 1 heterocycles. The molecule has 6 nitrogen and oxygen atoms in total. The Morgan fingerprint density at radius 1 is 1.50 bits per heavy atom. The number of rotatable bonds is 5. The average molecular weight is 418 g/mol. The maximum Gasteiger partial charge on any atom is 0.211 e. The van der Waals surface area contributed by atoms with Gasteiger partial charge in [-0.15, -0.1) is 24.0 Å². The number of guanidine groups is 1. The molecule has 1 saturated heterocycles. The molecular weight excluding hydrogens is 391 g/mol. The molecule has 0 spiro atoms. The third-order valence-corrected chi connectivity index (χ3v) is 4.81. The first-order chi connectivity index (χ1) is 8.88. The zero-order valence-electron chi connectivity index (χ0n) is 12.7. The number of hydrogen-bond donors (Lipinski definition) is 2. The molecule has 0 bridgehead atoms. The van der Waals surface area contributed by atoms with Gasteiger partial charge in [0.1, 0.15) is 0 Å². The first-order valence-corrected chi connectivity index (χ1v) is 8.67. The number of hydrogen-bond acceptors (Lipinski definition) is 3. The molecule has 8 heteroatoms. The Morgan fingerprint density at radius 3 is 2.65 bits per heavy atom. The van der Waals surface area contributed by atoms with Crippen molar-refractivity contribution in [1.82, 2.24) is 14.9 Å². The third kappa shape index (κ3) is 6.13. The van der Waals surface area contributed by atoms with Gasteiger partial charge in [0.25, 0.3) is 0 Å². The summed E-state index contributed by atoms with van der Waals surface area (Å²) in [5.41, 5.74) is 0. The fourth-order valence-electron chi connectivity index (χ4n) is 2.19. The van der Waals surface area contributed by atoms with Crippen molar-refractivity contribution in [2.45, 2.75) is 45.2 Å². The van der Waals surface area contributed by atoms with Crippen molar-refractivity contribution in [3.63, 3.8) is 0 Å². The van der Waals surface area contributed by atoms with Crippen molar-refractivity contribution in [3.8, 4) is 0 Å². The predicted molar refractivity (Wildman–Crippen MR) is 94.2 cm³/mol. The van der Waals surface area contributed by atoms with Crippen molar-refractivity contribution in [3.05, 3.63) is 0 Å². The predicted octanol–water partition coefficient (Wildman–Crippen LogP) is 0.992. The maximum absolute atomic E-state index is 11.6.